The van der Waals surface area contributed by atoms with Crippen LogP contribution in [0.15, 0.2) is 83.8 Å². The number of benzene rings is 2. The van der Waals surface area contributed by atoms with Gasteiger partial charge >= 0.3 is 11.7 Å². The third-order valence-corrected chi connectivity index (χ3v) is 5.09. The van der Waals surface area contributed by atoms with Crippen LogP contribution in [0.1, 0.15) is 24.5 Å². The van der Waals surface area contributed by atoms with Crippen LogP contribution in [0.5, 0.6) is 0 Å². The van der Waals surface area contributed by atoms with E-state index in [9.17, 15) is 9.59 Å². The van der Waals surface area contributed by atoms with Crippen LogP contribution in [0.3, 0.4) is 0 Å². The molecule has 1 atom stereocenters. The van der Waals surface area contributed by atoms with Crippen LogP contribution in [-0.2, 0) is 13.0 Å². The Kier molecular flexibility index (Phi) is 6.12. The lowest BCUT2D eigenvalue weighted by molar-refractivity contribution is 0.248. The first-order valence-electron chi connectivity index (χ1n) is 10.3. The zero-order valence-electron chi connectivity index (χ0n) is 17.4. The number of hydrogen-bond acceptors (Lipinski definition) is 3. The van der Waals surface area contributed by atoms with E-state index in [1.807, 2.05) is 55.5 Å². The first-order valence-corrected chi connectivity index (χ1v) is 10.3. The Hall–Kier alpha value is -3.87. The molecule has 2 heterocycles. The van der Waals surface area contributed by atoms with Crippen LogP contribution < -0.4 is 16.3 Å². The van der Waals surface area contributed by atoms with Gasteiger partial charge in [-0.15, -0.1) is 5.10 Å². The zero-order chi connectivity index (χ0) is 21.6. The second-order valence-electron chi connectivity index (χ2n) is 7.59. The number of fused-ring (bicyclic) bond motifs is 1. The minimum atomic E-state index is -0.248. The Morgan fingerprint density at radius 2 is 1.77 bits per heavy atom. The predicted molar refractivity (Wildman–Crippen MR) is 121 cm³/mol. The number of nitrogens with one attached hydrogen (secondary N) is 2. The normalized spacial score (nSPS) is 11.9. The Bertz CT molecular complexity index is 1230. The topological polar surface area (TPSA) is 80.4 Å². The summed E-state index contributed by atoms with van der Waals surface area (Å²) in [5.41, 5.74) is 3.21. The molecule has 7 heteroatoms. The third-order valence-electron chi connectivity index (χ3n) is 5.09. The molecule has 0 aliphatic rings. The molecule has 158 valence electrons. The molecule has 0 radical (unpaired) electrons. The predicted octanol–water partition coefficient (Wildman–Crippen LogP) is 3.69. The molecule has 0 aliphatic heterocycles. The highest BCUT2D eigenvalue weighted by Gasteiger charge is 2.10. The molecular formula is C24H25N5O2. The SMILES string of the molecule is CC(CCc1ccccc1)NC(=O)Nc1cccc(Cn2nc3ccccn3c2=O)c1. The van der Waals surface area contributed by atoms with Crippen LogP contribution in [0.4, 0.5) is 10.5 Å². The van der Waals surface area contributed by atoms with Gasteiger partial charge in [0.15, 0.2) is 5.65 Å². The van der Waals surface area contributed by atoms with Crippen LogP contribution in [-0.4, -0.2) is 26.3 Å². The lowest BCUT2D eigenvalue weighted by Gasteiger charge is -2.15. The van der Waals surface area contributed by atoms with E-state index in [0.717, 1.165) is 18.4 Å². The van der Waals surface area contributed by atoms with Crippen molar-refractivity contribution in [3.8, 4) is 0 Å². The van der Waals surface area contributed by atoms with Crippen molar-refractivity contribution in [1.29, 1.82) is 0 Å². The molecule has 1 unspecified atom stereocenters. The van der Waals surface area contributed by atoms with E-state index >= 15 is 0 Å². The van der Waals surface area contributed by atoms with Gasteiger partial charge in [0.25, 0.3) is 0 Å². The first-order chi connectivity index (χ1) is 15.1. The van der Waals surface area contributed by atoms with Gasteiger partial charge in [0.05, 0.1) is 6.54 Å². The fraction of sp³-hybridized carbons (Fsp3) is 0.208. The lowest BCUT2D eigenvalue weighted by Crippen LogP contribution is -2.36. The number of aryl methyl sites for hydroxylation is 1. The standard InChI is InChI=1S/C24H25N5O2/c1-18(13-14-19-8-3-2-4-9-19)25-23(30)26-21-11-7-10-20(16-21)17-29-24(31)28-15-6-5-12-22(28)27-29/h2-12,15-16,18H,13-14,17H2,1H3,(H2,25,26,30). The Labute approximate surface area is 180 Å². The molecule has 0 bridgehead atoms. The molecule has 2 amide bonds. The second-order valence-corrected chi connectivity index (χ2v) is 7.59. The fourth-order valence-corrected chi connectivity index (χ4v) is 3.48. The second kappa shape index (κ2) is 9.30. The Morgan fingerprint density at radius 1 is 1.00 bits per heavy atom. The van der Waals surface area contributed by atoms with E-state index in [0.29, 0.717) is 17.9 Å². The Morgan fingerprint density at radius 3 is 2.58 bits per heavy atom. The summed E-state index contributed by atoms with van der Waals surface area (Å²) < 4.78 is 2.92. The van der Waals surface area contributed by atoms with Crippen molar-refractivity contribution in [3.63, 3.8) is 0 Å². The number of anilines is 1. The molecule has 31 heavy (non-hydrogen) atoms. The zero-order valence-corrected chi connectivity index (χ0v) is 17.4. The van der Waals surface area contributed by atoms with Gasteiger partial charge in [0.1, 0.15) is 0 Å². The molecule has 0 saturated carbocycles. The van der Waals surface area contributed by atoms with Crippen LogP contribution in [0, 0.1) is 0 Å². The van der Waals surface area contributed by atoms with E-state index in [2.05, 4.69) is 27.9 Å². The number of carbonyl (C=O) groups is 1. The smallest absolute Gasteiger partial charge is 0.335 e. The minimum absolute atomic E-state index is 0.0416. The largest absolute Gasteiger partial charge is 0.350 e. The number of nitrogens with zero attached hydrogens (tertiary/aromatic N) is 3. The van der Waals surface area contributed by atoms with Crippen molar-refractivity contribution in [2.24, 2.45) is 0 Å². The van der Waals surface area contributed by atoms with E-state index in [1.54, 1.807) is 18.3 Å². The summed E-state index contributed by atoms with van der Waals surface area (Å²) in [6.07, 6.45) is 3.46. The number of urea groups is 1. The van der Waals surface area contributed by atoms with E-state index in [1.165, 1.54) is 14.6 Å². The number of carbonyl (C=O) groups excluding carboxylic acids is 1. The van der Waals surface area contributed by atoms with Crippen molar-refractivity contribution in [2.75, 3.05) is 5.32 Å². The highest BCUT2D eigenvalue weighted by molar-refractivity contribution is 5.89. The summed E-state index contributed by atoms with van der Waals surface area (Å²) in [7, 11) is 0. The fourth-order valence-electron chi connectivity index (χ4n) is 3.48. The van der Waals surface area contributed by atoms with E-state index < -0.39 is 0 Å². The maximum atomic E-state index is 12.5. The molecule has 0 aliphatic carbocycles. The van der Waals surface area contributed by atoms with Crippen molar-refractivity contribution in [2.45, 2.75) is 32.4 Å². The molecule has 0 spiro atoms. The average Bonchev–Trinajstić information content (AvgIpc) is 3.08. The molecule has 7 nitrogen and oxygen atoms in total. The molecule has 0 fully saturated rings. The molecule has 2 N–H and O–H groups in total. The molecule has 2 aromatic heterocycles. The van der Waals surface area contributed by atoms with E-state index in [-0.39, 0.29) is 17.8 Å². The molecule has 2 aromatic carbocycles. The summed E-state index contributed by atoms with van der Waals surface area (Å²) in [5.74, 6) is 0. The number of rotatable bonds is 7. The van der Waals surface area contributed by atoms with Gasteiger partial charge in [0.2, 0.25) is 0 Å². The summed E-state index contributed by atoms with van der Waals surface area (Å²) in [4.78, 5) is 24.8. The quantitative estimate of drug-likeness (QED) is 0.483. The first kappa shape index (κ1) is 20.4. The van der Waals surface area contributed by atoms with Crippen molar-refractivity contribution in [1.82, 2.24) is 19.5 Å². The van der Waals surface area contributed by atoms with Gasteiger partial charge in [0, 0.05) is 17.9 Å². The van der Waals surface area contributed by atoms with Gasteiger partial charge in [-0.2, -0.15) is 0 Å². The number of aromatic nitrogens is 3. The average molecular weight is 415 g/mol. The number of pyridine rings is 1. The molecular weight excluding hydrogens is 390 g/mol. The van der Waals surface area contributed by atoms with Crippen LogP contribution in [0.2, 0.25) is 0 Å². The van der Waals surface area contributed by atoms with Gasteiger partial charge in [-0.3, -0.25) is 4.40 Å². The summed E-state index contributed by atoms with van der Waals surface area (Å²) in [5, 5.41) is 10.2. The number of amides is 2. The third kappa shape index (κ3) is 5.19. The maximum absolute atomic E-state index is 12.5. The summed E-state index contributed by atoms with van der Waals surface area (Å²) in [6, 6.07) is 22.9. The van der Waals surface area contributed by atoms with Crippen molar-refractivity contribution in [3.05, 3.63) is 101 Å². The lowest BCUT2D eigenvalue weighted by atomic mass is 10.1. The van der Waals surface area contributed by atoms with Gasteiger partial charge < -0.3 is 10.6 Å². The van der Waals surface area contributed by atoms with E-state index in [4.69, 9.17) is 0 Å². The minimum Gasteiger partial charge on any atom is -0.335 e. The maximum Gasteiger partial charge on any atom is 0.350 e. The van der Waals surface area contributed by atoms with Crippen molar-refractivity contribution >= 4 is 17.4 Å². The summed E-state index contributed by atoms with van der Waals surface area (Å²) >= 11 is 0. The Balaban J connectivity index is 1.35. The van der Waals surface area contributed by atoms with Crippen LogP contribution in [0.25, 0.3) is 5.65 Å². The van der Waals surface area contributed by atoms with Gasteiger partial charge in [-0.25, -0.2) is 14.3 Å². The molecule has 4 aromatic rings. The van der Waals surface area contributed by atoms with Gasteiger partial charge in [-0.05, 0) is 55.2 Å². The van der Waals surface area contributed by atoms with Crippen molar-refractivity contribution < 1.29 is 4.79 Å². The number of hydrogen-bond donors (Lipinski definition) is 2. The monoisotopic (exact) mass is 415 g/mol. The van der Waals surface area contributed by atoms with Crippen LogP contribution >= 0.6 is 0 Å². The molecule has 0 saturated heterocycles. The highest BCUT2D eigenvalue weighted by Crippen LogP contribution is 2.12. The molecule has 4 rings (SSSR count). The highest BCUT2D eigenvalue weighted by atomic mass is 16.2. The summed E-state index contributed by atoms with van der Waals surface area (Å²) in [6.45, 7) is 2.32. The van der Waals surface area contributed by atoms with Gasteiger partial charge in [-0.1, -0.05) is 48.5 Å².